The van der Waals surface area contributed by atoms with Crippen LogP contribution in [0.5, 0.6) is 0 Å². The Morgan fingerprint density at radius 2 is 1.13 bits per heavy atom. The topological polar surface area (TPSA) is 67.8 Å². The summed E-state index contributed by atoms with van der Waals surface area (Å²) in [5.74, 6) is 1.24. The first-order chi connectivity index (χ1) is 14.7. The normalized spacial score (nSPS) is 31.5. The van der Waals surface area contributed by atoms with E-state index in [-0.39, 0.29) is 12.2 Å². The zero-order valence-electron chi connectivity index (χ0n) is 18.6. The summed E-state index contributed by atoms with van der Waals surface area (Å²) >= 11 is 0. The molecule has 0 amide bonds. The number of quaternary nitrogens is 2. The summed E-state index contributed by atoms with van der Waals surface area (Å²) in [5, 5.41) is 20.6. The highest BCUT2D eigenvalue weighted by Gasteiger charge is 2.27. The molecule has 4 N–H and O–H groups in total. The van der Waals surface area contributed by atoms with Gasteiger partial charge in [-0.1, -0.05) is 24.3 Å². The number of piperazine rings is 1. The minimum Gasteiger partial charge on any atom is -0.385 e. The third-order valence-electron chi connectivity index (χ3n) is 6.80. The van der Waals surface area contributed by atoms with Gasteiger partial charge in [0.05, 0.1) is 13.2 Å². The first kappa shape index (κ1) is 23.9. The quantitative estimate of drug-likeness (QED) is 0.311. The van der Waals surface area contributed by atoms with E-state index in [1.807, 2.05) is 0 Å². The molecule has 4 atom stereocenters. The summed E-state index contributed by atoms with van der Waals surface area (Å²) in [6.07, 6.45) is 15.2. The maximum absolute atomic E-state index is 10.3. The third-order valence-corrected chi connectivity index (χ3v) is 6.80. The van der Waals surface area contributed by atoms with Crippen molar-refractivity contribution in [3.8, 4) is 0 Å². The van der Waals surface area contributed by atoms with Crippen LogP contribution in [0.3, 0.4) is 0 Å². The van der Waals surface area contributed by atoms with E-state index in [0.717, 1.165) is 78.2 Å². The van der Waals surface area contributed by atoms with Gasteiger partial charge in [0.25, 0.3) is 0 Å². The largest absolute Gasteiger partial charge is 0.385 e. The average molecular weight is 425 g/mol. The summed E-state index contributed by atoms with van der Waals surface area (Å²) in [7, 11) is 0. The predicted octanol–water partition coefficient (Wildman–Crippen LogP) is -0.763. The van der Waals surface area contributed by atoms with Gasteiger partial charge in [-0.2, -0.15) is 0 Å². The monoisotopic (exact) mass is 424 g/mol. The van der Waals surface area contributed by atoms with Gasteiger partial charge in [0, 0.05) is 13.2 Å². The van der Waals surface area contributed by atoms with E-state index in [2.05, 4.69) is 24.3 Å². The van der Waals surface area contributed by atoms with Crippen molar-refractivity contribution in [2.75, 3.05) is 65.7 Å². The molecule has 30 heavy (non-hydrogen) atoms. The molecule has 1 fully saturated rings. The van der Waals surface area contributed by atoms with E-state index >= 15 is 0 Å². The zero-order chi connectivity index (χ0) is 21.0. The fourth-order valence-electron chi connectivity index (χ4n) is 4.91. The van der Waals surface area contributed by atoms with Crippen LogP contribution in [0.1, 0.15) is 38.5 Å². The second kappa shape index (κ2) is 13.6. The molecule has 3 aliphatic rings. The minimum atomic E-state index is -0.380. The number of rotatable bonds is 12. The van der Waals surface area contributed by atoms with E-state index in [9.17, 15) is 10.2 Å². The molecule has 1 aliphatic heterocycles. The number of aliphatic hydroxyl groups is 2. The Morgan fingerprint density at radius 1 is 0.700 bits per heavy atom. The molecule has 0 aromatic rings. The Morgan fingerprint density at radius 3 is 1.50 bits per heavy atom. The van der Waals surface area contributed by atoms with Crippen LogP contribution >= 0.6 is 0 Å². The molecule has 3 rings (SSSR count). The Balaban J connectivity index is 1.20. The first-order valence-corrected chi connectivity index (χ1v) is 12.2. The van der Waals surface area contributed by atoms with Gasteiger partial charge in [-0.25, -0.2) is 0 Å². The summed E-state index contributed by atoms with van der Waals surface area (Å²) in [5.41, 5.74) is 0. The van der Waals surface area contributed by atoms with Crippen molar-refractivity contribution in [1.29, 1.82) is 0 Å². The van der Waals surface area contributed by atoms with Crippen LogP contribution in [-0.2, 0) is 9.47 Å². The molecule has 172 valence electrons. The molecule has 0 unspecified atom stereocenters. The number of hydrogen-bond donors (Lipinski definition) is 4. The highest BCUT2D eigenvalue weighted by Crippen LogP contribution is 2.18. The predicted molar refractivity (Wildman–Crippen MR) is 118 cm³/mol. The number of hydrogen-bond acceptors (Lipinski definition) is 4. The van der Waals surface area contributed by atoms with Gasteiger partial charge in [0.2, 0.25) is 0 Å². The molecule has 2 aliphatic carbocycles. The molecular formula is C24H44N2O4+2. The first-order valence-electron chi connectivity index (χ1n) is 12.2. The van der Waals surface area contributed by atoms with E-state index in [4.69, 9.17) is 9.47 Å². The highest BCUT2D eigenvalue weighted by molar-refractivity contribution is 4.90. The van der Waals surface area contributed by atoms with Crippen molar-refractivity contribution < 1.29 is 29.5 Å². The van der Waals surface area contributed by atoms with Gasteiger partial charge >= 0.3 is 0 Å². The number of allylic oxidation sites excluding steroid dienone is 4. The van der Waals surface area contributed by atoms with Crippen molar-refractivity contribution in [2.45, 2.75) is 50.7 Å². The van der Waals surface area contributed by atoms with Crippen LogP contribution in [0.25, 0.3) is 0 Å². The SMILES string of the molecule is O[C@H](COC[C@H]1CC=CCC1)C[NH+]1CC[NH+](C[C@H](O)COC[C@H]2CC=CCC2)CC1. The van der Waals surface area contributed by atoms with E-state index < -0.39 is 0 Å². The van der Waals surface area contributed by atoms with Crippen LogP contribution in [0, 0.1) is 11.8 Å². The van der Waals surface area contributed by atoms with Gasteiger partial charge in [0.15, 0.2) is 0 Å². The molecule has 0 spiro atoms. The van der Waals surface area contributed by atoms with Crippen molar-refractivity contribution in [3.05, 3.63) is 24.3 Å². The summed E-state index contributed by atoms with van der Waals surface area (Å²) in [4.78, 5) is 2.90. The van der Waals surface area contributed by atoms with Crippen LogP contribution in [-0.4, -0.2) is 88.1 Å². The number of ether oxygens (including phenoxy) is 2. The maximum atomic E-state index is 10.3. The van der Waals surface area contributed by atoms with Gasteiger partial charge in [-0.15, -0.1) is 0 Å². The molecule has 0 saturated carbocycles. The lowest BCUT2D eigenvalue weighted by atomic mass is 9.95. The minimum absolute atomic E-state index is 0.380. The molecule has 1 heterocycles. The Kier molecular flexibility index (Phi) is 10.8. The average Bonchev–Trinajstić information content (AvgIpc) is 2.77. The molecule has 0 radical (unpaired) electrons. The molecule has 1 saturated heterocycles. The summed E-state index contributed by atoms with van der Waals surface area (Å²) in [6.45, 7) is 8.14. The molecular weight excluding hydrogens is 380 g/mol. The van der Waals surface area contributed by atoms with Crippen LogP contribution in [0.4, 0.5) is 0 Å². The van der Waals surface area contributed by atoms with Gasteiger partial charge in [-0.05, 0) is 50.4 Å². The Bertz CT molecular complexity index is 473. The standard InChI is InChI=1S/C24H42N2O4/c27-23(19-29-17-21-7-3-1-4-8-21)15-25-11-13-26(14-12-25)16-24(28)20-30-18-22-9-5-2-6-10-22/h1-3,5,21-24,27-28H,4,6-20H2/p+2/t21-,22-,23-,24-/m0/s1. The number of nitrogens with one attached hydrogen (secondary N) is 2. The maximum Gasteiger partial charge on any atom is 0.127 e. The van der Waals surface area contributed by atoms with Crippen molar-refractivity contribution in [2.24, 2.45) is 11.8 Å². The fourth-order valence-corrected chi connectivity index (χ4v) is 4.91. The third kappa shape index (κ3) is 9.16. The summed E-state index contributed by atoms with van der Waals surface area (Å²) < 4.78 is 11.6. The van der Waals surface area contributed by atoms with Crippen molar-refractivity contribution >= 4 is 0 Å². The number of aliphatic hydroxyl groups excluding tert-OH is 2. The highest BCUT2D eigenvalue weighted by atomic mass is 16.5. The molecule has 6 nitrogen and oxygen atoms in total. The fraction of sp³-hybridized carbons (Fsp3) is 0.833. The lowest BCUT2D eigenvalue weighted by molar-refractivity contribution is -1.01. The van der Waals surface area contributed by atoms with Gasteiger partial charge < -0.3 is 29.5 Å². The van der Waals surface area contributed by atoms with Crippen molar-refractivity contribution in [3.63, 3.8) is 0 Å². The van der Waals surface area contributed by atoms with E-state index in [0.29, 0.717) is 25.0 Å². The van der Waals surface area contributed by atoms with E-state index in [1.54, 1.807) is 0 Å². The second-order valence-electron chi connectivity index (χ2n) is 9.59. The molecule has 6 heteroatoms. The van der Waals surface area contributed by atoms with Crippen LogP contribution in [0.15, 0.2) is 24.3 Å². The Hall–Kier alpha value is -0.760. The molecule has 0 bridgehead atoms. The van der Waals surface area contributed by atoms with Crippen molar-refractivity contribution in [1.82, 2.24) is 0 Å². The van der Waals surface area contributed by atoms with Crippen LogP contribution < -0.4 is 9.80 Å². The molecule has 0 aromatic heterocycles. The lowest BCUT2D eigenvalue weighted by Crippen LogP contribution is -3.28. The Labute approximate surface area is 182 Å². The molecule has 0 aromatic carbocycles. The van der Waals surface area contributed by atoms with Gasteiger partial charge in [-0.3, -0.25) is 0 Å². The lowest BCUT2D eigenvalue weighted by Gasteiger charge is -2.31. The second-order valence-corrected chi connectivity index (χ2v) is 9.59. The van der Waals surface area contributed by atoms with Gasteiger partial charge in [0.1, 0.15) is 51.5 Å². The van der Waals surface area contributed by atoms with Crippen LogP contribution in [0.2, 0.25) is 0 Å². The van der Waals surface area contributed by atoms with E-state index in [1.165, 1.54) is 22.6 Å². The zero-order valence-corrected chi connectivity index (χ0v) is 18.6. The summed E-state index contributed by atoms with van der Waals surface area (Å²) in [6, 6.07) is 0. The smallest absolute Gasteiger partial charge is 0.127 e.